The summed E-state index contributed by atoms with van der Waals surface area (Å²) in [7, 11) is 0. The molecular weight excluding hydrogens is 295 g/mol. The van der Waals surface area contributed by atoms with E-state index in [0.29, 0.717) is 11.5 Å². The van der Waals surface area contributed by atoms with Gasteiger partial charge in [0, 0.05) is 9.15 Å². The number of rotatable bonds is 3. The van der Waals surface area contributed by atoms with Gasteiger partial charge in [0.1, 0.15) is 0 Å². The van der Waals surface area contributed by atoms with E-state index in [1.807, 2.05) is 13.8 Å². The third kappa shape index (κ3) is 1.85. The van der Waals surface area contributed by atoms with E-state index in [0.717, 1.165) is 3.58 Å². The second-order valence-electron chi connectivity index (χ2n) is 3.39. The summed E-state index contributed by atoms with van der Waals surface area (Å²) in [5.41, 5.74) is 0.636. The van der Waals surface area contributed by atoms with Crippen LogP contribution in [0.5, 0.6) is 0 Å². The molecule has 1 aliphatic carbocycles. The Balaban J connectivity index is 2.77. The summed E-state index contributed by atoms with van der Waals surface area (Å²) < 4.78 is 5.66. The van der Waals surface area contributed by atoms with E-state index in [1.165, 1.54) is 0 Å². The van der Waals surface area contributed by atoms with Crippen molar-refractivity contribution in [3.63, 3.8) is 0 Å². The quantitative estimate of drug-likeness (QED) is 0.455. The molecule has 0 heterocycles. The molecule has 0 amide bonds. The predicted octanol–water partition coefficient (Wildman–Crippen LogP) is 2.09. The Morgan fingerprint density at radius 3 is 2.36 bits per heavy atom. The van der Waals surface area contributed by atoms with Crippen molar-refractivity contribution in [2.75, 3.05) is 6.61 Å². The highest BCUT2D eigenvalue weighted by atomic mass is 127. The van der Waals surface area contributed by atoms with Gasteiger partial charge >= 0.3 is 5.97 Å². The number of halogens is 1. The number of carbonyl (C=O) groups is 2. The molecule has 0 fully saturated rings. The summed E-state index contributed by atoms with van der Waals surface area (Å²) in [5.74, 6) is -0.625. The Morgan fingerprint density at radius 1 is 1.36 bits per heavy atom. The van der Waals surface area contributed by atoms with E-state index in [9.17, 15) is 9.59 Å². The highest BCUT2D eigenvalue weighted by molar-refractivity contribution is 14.1. The van der Waals surface area contributed by atoms with Gasteiger partial charge in [0.25, 0.3) is 5.78 Å². The van der Waals surface area contributed by atoms with Gasteiger partial charge in [0.2, 0.25) is 0 Å². The summed E-state index contributed by atoms with van der Waals surface area (Å²) >= 11 is 2.12. The average Bonchev–Trinajstić information content (AvgIpc) is 2.17. The molecule has 3 nitrogen and oxygen atoms in total. The van der Waals surface area contributed by atoms with Gasteiger partial charge in [-0.1, -0.05) is 13.8 Å². The number of ketones is 1. The highest BCUT2D eigenvalue weighted by Crippen LogP contribution is 2.44. The van der Waals surface area contributed by atoms with Crippen LogP contribution in [-0.2, 0) is 14.3 Å². The SMILES string of the molecule is CCOC(=O)C(=O)C1=C(I)C(C)C1C. The first kappa shape index (κ1) is 11.7. The van der Waals surface area contributed by atoms with Crippen LogP contribution >= 0.6 is 22.6 Å². The van der Waals surface area contributed by atoms with E-state index >= 15 is 0 Å². The minimum atomic E-state index is -0.726. The van der Waals surface area contributed by atoms with Crippen LogP contribution < -0.4 is 0 Å². The second kappa shape index (κ2) is 4.42. The number of carbonyl (C=O) groups excluding carboxylic acids is 2. The first-order valence-corrected chi connectivity index (χ1v) is 5.69. The molecule has 0 saturated carbocycles. The van der Waals surface area contributed by atoms with Crippen LogP contribution in [0.3, 0.4) is 0 Å². The minimum absolute atomic E-state index is 0.179. The third-order valence-electron chi connectivity index (χ3n) is 2.57. The van der Waals surface area contributed by atoms with E-state index in [2.05, 4.69) is 27.3 Å². The molecule has 2 atom stereocenters. The number of hydrogen-bond donors (Lipinski definition) is 0. The van der Waals surface area contributed by atoms with E-state index < -0.39 is 11.8 Å². The van der Waals surface area contributed by atoms with E-state index in [4.69, 9.17) is 0 Å². The topological polar surface area (TPSA) is 43.4 Å². The van der Waals surface area contributed by atoms with Crippen LogP contribution in [0, 0.1) is 11.8 Å². The van der Waals surface area contributed by atoms with E-state index in [-0.39, 0.29) is 12.5 Å². The van der Waals surface area contributed by atoms with Gasteiger partial charge < -0.3 is 4.74 Å². The lowest BCUT2D eigenvalue weighted by molar-refractivity contribution is -0.152. The molecule has 0 spiro atoms. The summed E-state index contributed by atoms with van der Waals surface area (Å²) in [5, 5.41) is 0. The van der Waals surface area contributed by atoms with Gasteiger partial charge in [-0.15, -0.1) is 0 Å². The smallest absolute Gasteiger partial charge is 0.379 e. The minimum Gasteiger partial charge on any atom is -0.460 e. The zero-order chi connectivity index (χ0) is 10.9. The summed E-state index contributed by atoms with van der Waals surface area (Å²) in [6.45, 7) is 5.95. The standard InChI is InChI=1S/C10H13IO3/c1-4-14-10(13)9(12)7-5(2)6(3)8(7)11/h5-6H,4H2,1-3H3. The van der Waals surface area contributed by atoms with Crippen molar-refractivity contribution >= 4 is 34.3 Å². The van der Waals surface area contributed by atoms with Gasteiger partial charge in [-0.3, -0.25) is 4.79 Å². The molecule has 4 heteroatoms. The monoisotopic (exact) mass is 308 g/mol. The highest BCUT2D eigenvalue weighted by Gasteiger charge is 2.39. The molecular formula is C10H13IO3. The summed E-state index contributed by atoms with van der Waals surface area (Å²) in [6, 6.07) is 0. The van der Waals surface area contributed by atoms with Crippen molar-refractivity contribution in [2.24, 2.45) is 11.8 Å². The van der Waals surface area contributed by atoms with Gasteiger partial charge in [0.05, 0.1) is 6.61 Å². The molecule has 0 aromatic heterocycles. The predicted molar refractivity (Wildman–Crippen MR) is 61.0 cm³/mol. The van der Waals surface area contributed by atoms with Gasteiger partial charge in [0.15, 0.2) is 0 Å². The molecule has 2 unspecified atom stereocenters. The molecule has 0 N–H and O–H groups in total. The molecule has 78 valence electrons. The molecule has 0 radical (unpaired) electrons. The lowest BCUT2D eigenvalue weighted by atomic mass is 9.75. The van der Waals surface area contributed by atoms with Crippen molar-refractivity contribution < 1.29 is 14.3 Å². The number of allylic oxidation sites excluding steroid dienone is 1. The van der Waals surface area contributed by atoms with Crippen LogP contribution in [0.4, 0.5) is 0 Å². The van der Waals surface area contributed by atoms with Crippen LogP contribution in [-0.4, -0.2) is 18.4 Å². The number of hydrogen-bond acceptors (Lipinski definition) is 3. The number of Topliss-reactive ketones (excluding diaryl/α,β-unsaturated/α-hetero) is 1. The maximum atomic E-state index is 11.5. The zero-order valence-electron chi connectivity index (χ0n) is 8.46. The molecule has 1 rings (SSSR count). The summed E-state index contributed by atoms with van der Waals surface area (Å²) in [6.07, 6.45) is 0. The fraction of sp³-hybridized carbons (Fsp3) is 0.600. The fourth-order valence-corrected chi connectivity index (χ4v) is 2.73. The molecule has 0 bridgehead atoms. The first-order chi connectivity index (χ1) is 6.50. The van der Waals surface area contributed by atoms with Crippen molar-refractivity contribution in [3.05, 3.63) is 9.15 Å². The molecule has 0 saturated heterocycles. The maximum Gasteiger partial charge on any atom is 0.379 e. The van der Waals surface area contributed by atoms with Crippen LogP contribution in [0.25, 0.3) is 0 Å². The van der Waals surface area contributed by atoms with Crippen molar-refractivity contribution in [3.8, 4) is 0 Å². The summed E-state index contributed by atoms with van der Waals surface area (Å²) in [4.78, 5) is 22.7. The lowest BCUT2D eigenvalue weighted by Gasteiger charge is -2.33. The van der Waals surface area contributed by atoms with Crippen molar-refractivity contribution in [1.29, 1.82) is 0 Å². The normalized spacial score (nSPS) is 25.7. The average molecular weight is 308 g/mol. The van der Waals surface area contributed by atoms with E-state index in [1.54, 1.807) is 6.92 Å². The van der Waals surface area contributed by atoms with Gasteiger partial charge in [-0.25, -0.2) is 4.79 Å². The molecule has 14 heavy (non-hydrogen) atoms. The number of esters is 1. The molecule has 1 aliphatic rings. The van der Waals surface area contributed by atoms with Gasteiger partial charge in [-0.05, 0) is 41.4 Å². The maximum absolute atomic E-state index is 11.5. The Labute approximate surface area is 97.0 Å². The lowest BCUT2D eigenvalue weighted by Crippen LogP contribution is -2.33. The van der Waals surface area contributed by atoms with Crippen molar-refractivity contribution in [2.45, 2.75) is 20.8 Å². The largest absolute Gasteiger partial charge is 0.460 e. The third-order valence-corrected chi connectivity index (χ3v) is 4.13. The Bertz CT molecular complexity index is 306. The molecule has 0 aromatic carbocycles. The fourth-order valence-electron chi connectivity index (χ4n) is 1.46. The van der Waals surface area contributed by atoms with Crippen LogP contribution in [0.1, 0.15) is 20.8 Å². The van der Waals surface area contributed by atoms with Crippen molar-refractivity contribution in [1.82, 2.24) is 0 Å². The Morgan fingerprint density at radius 2 is 1.93 bits per heavy atom. The second-order valence-corrected chi connectivity index (χ2v) is 4.55. The number of ether oxygens (including phenoxy) is 1. The Kier molecular flexibility index (Phi) is 3.69. The van der Waals surface area contributed by atoms with Crippen LogP contribution in [0.2, 0.25) is 0 Å². The Hall–Kier alpha value is -0.390. The first-order valence-electron chi connectivity index (χ1n) is 4.61. The molecule has 0 aliphatic heterocycles. The molecule has 0 aromatic rings. The van der Waals surface area contributed by atoms with Gasteiger partial charge in [-0.2, -0.15) is 0 Å². The zero-order valence-corrected chi connectivity index (χ0v) is 10.6. The van der Waals surface area contributed by atoms with Crippen LogP contribution in [0.15, 0.2) is 9.15 Å².